The van der Waals surface area contributed by atoms with Gasteiger partial charge in [0, 0.05) is 7.11 Å². The largest absolute Gasteiger partial charge is 0.377 e. The molecule has 0 saturated heterocycles. The van der Waals surface area contributed by atoms with Gasteiger partial charge in [0.2, 0.25) is 0 Å². The third-order valence-electron chi connectivity index (χ3n) is 1.92. The van der Waals surface area contributed by atoms with Crippen LogP contribution >= 0.6 is 0 Å². The van der Waals surface area contributed by atoms with Crippen molar-refractivity contribution in [3.8, 4) is 0 Å². The molecule has 0 aliphatic carbocycles. The molecule has 13 heavy (non-hydrogen) atoms. The zero-order valence-corrected chi connectivity index (χ0v) is 8.76. The molecule has 0 aromatic carbocycles. The van der Waals surface area contributed by atoms with E-state index in [4.69, 9.17) is 4.74 Å². The lowest BCUT2D eigenvalue weighted by molar-refractivity contribution is 0.150. The first kappa shape index (κ1) is 11.9. The zero-order chi connectivity index (χ0) is 10.4. The quantitative estimate of drug-likeness (QED) is 0.587. The van der Waals surface area contributed by atoms with Crippen molar-refractivity contribution >= 4 is 0 Å². The Balaban J connectivity index is 4.20. The molecule has 0 aromatic rings. The van der Waals surface area contributed by atoms with Crippen molar-refractivity contribution in [3.05, 3.63) is 48.6 Å². The zero-order valence-electron chi connectivity index (χ0n) is 8.76. The van der Waals surface area contributed by atoms with Gasteiger partial charge in [-0.1, -0.05) is 37.5 Å². The van der Waals surface area contributed by atoms with Crippen LogP contribution in [0, 0.1) is 0 Å². The molecule has 0 aromatic heterocycles. The first-order chi connectivity index (χ1) is 5.99. The van der Waals surface area contributed by atoms with E-state index in [1.54, 1.807) is 7.11 Å². The summed E-state index contributed by atoms with van der Waals surface area (Å²) in [5.41, 5.74) is 2.82. The van der Waals surface area contributed by atoms with Crippen molar-refractivity contribution in [2.45, 2.75) is 20.0 Å². The number of hydrogen-bond donors (Lipinski definition) is 0. The first-order valence-corrected chi connectivity index (χ1v) is 4.23. The maximum Gasteiger partial charge on any atom is 0.0787 e. The molecule has 0 bridgehead atoms. The molecule has 1 unspecified atom stereocenters. The van der Waals surface area contributed by atoms with Crippen LogP contribution in [0.15, 0.2) is 48.6 Å². The summed E-state index contributed by atoms with van der Waals surface area (Å²) in [4.78, 5) is 0. The van der Waals surface area contributed by atoms with Crippen LogP contribution in [-0.4, -0.2) is 13.2 Å². The number of hydrogen-bond acceptors (Lipinski definition) is 1. The van der Waals surface area contributed by atoms with Crippen molar-refractivity contribution in [3.63, 3.8) is 0 Å². The Morgan fingerprint density at radius 1 is 1.23 bits per heavy atom. The highest BCUT2D eigenvalue weighted by Crippen LogP contribution is 2.09. The predicted octanol–water partition coefficient (Wildman–Crippen LogP) is 3.27. The number of methoxy groups -OCH3 is 1. The van der Waals surface area contributed by atoms with Gasteiger partial charge in [0.1, 0.15) is 0 Å². The lowest BCUT2D eigenvalue weighted by Crippen LogP contribution is -2.05. The summed E-state index contributed by atoms with van der Waals surface area (Å²) in [6.07, 6.45) is 3.86. The third kappa shape index (κ3) is 4.48. The Morgan fingerprint density at radius 3 is 2.15 bits per heavy atom. The molecular formula is C12H18O. The standard InChI is InChI=1S/C12H18O/c1-9(2)10(3)7-8-11(4)12(5)13-6/h7-8,12H,1,3-4H2,2,5-6H3/b8-7-. The van der Waals surface area contributed by atoms with Crippen LogP contribution < -0.4 is 0 Å². The van der Waals surface area contributed by atoms with E-state index in [1.807, 2.05) is 26.0 Å². The Morgan fingerprint density at radius 2 is 1.77 bits per heavy atom. The monoisotopic (exact) mass is 178 g/mol. The van der Waals surface area contributed by atoms with Gasteiger partial charge in [-0.05, 0) is 25.0 Å². The van der Waals surface area contributed by atoms with Crippen molar-refractivity contribution in [1.29, 1.82) is 0 Å². The highest BCUT2D eigenvalue weighted by Gasteiger charge is 2.00. The Bertz CT molecular complexity index is 246. The van der Waals surface area contributed by atoms with E-state index in [2.05, 4.69) is 19.7 Å². The van der Waals surface area contributed by atoms with Gasteiger partial charge in [0.25, 0.3) is 0 Å². The van der Waals surface area contributed by atoms with Gasteiger partial charge >= 0.3 is 0 Å². The maximum absolute atomic E-state index is 5.10. The van der Waals surface area contributed by atoms with E-state index in [-0.39, 0.29) is 6.10 Å². The summed E-state index contributed by atoms with van der Waals surface area (Å²) in [6, 6.07) is 0. The van der Waals surface area contributed by atoms with Gasteiger partial charge in [-0.15, -0.1) is 0 Å². The summed E-state index contributed by atoms with van der Waals surface area (Å²) in [6.45, 7) is 15.4. The summed E-state index contributed by atoms with van der Waals surface area (Å²) in [7, 11) is 1.66. The fourth-order valence-corrected chi connectivity index (χ4v) is 0.637. The molecule has 1 heteroatoms. The fraction of sp³-hybridized carbons (Fsp3) is 0.333. The van der Waals surface area contributed by atoms with E-state index in [9.17, 15) is 0 Å². The fourth-order valence-electron chi connectivity index (χ4n) is 0.637. The van der Waals surface area contributed by atoms with Crippen LogP contribution in [0.2, 0.25) is 0 Å². The molecule has 0 N–H and O–H groups in total. The second kappa shape index (κ2) is 5.55. The Hall–Kier alpha value is -1.08. The minimum Gasteiger partial charge on any atom is -0.377 e. The van der Waals surface area contributed by atoms with E-state index < -0.39 is 0 Å². The van der Waals surface area contributed by atoms with Crippen LogP contribution in [0.4, 0.5) is 0 Å². The maximum atomic E-state index is 5.10. The SMILES string of the molecule is C=C(C)C(=C)/C=C\C(=C)C(C)OC. The molecule has 1 atom stereocenters. The summed E-state index contributed by atoms with van der Waals surface area (Å²) in [5.74, 6) is 0. The highest BCUT2D eigenvalue weighted by molar-refractivity contribution is 5.37. The van der Waals surface area contributed by atoms with Crippen molar-refractivity contribution in [2.75, 3.05) is 7.11 Å². The highest BCUT2D eigenvalue weighted by atomic mass is 16.5. The molecule has 0 aliphatic rings. The van der Waals surface area contributed by atoms with E-state index in [0.717, 1.165) is 16.7 Å². The molecule has 0 amide bonds. The average Bonchev–Trinajstić information content (AvgIpc) is 2.11. The molecule has 0 fully saturated rings. The second-order valence-electron chi connectivity index (χ2n) is 3.09. The molecule has 1 nitrogen and oxygen atoms in total. The normalized spacial score (nSPS) is 12.8. The minimum atomic E-state index is 0.0502. The molecule has 0 saturated carbocycles. The Kier molecular flexibility index (Phi) is 5.09. The summed E-state index contributed by atoms with van der Waals surface area (Å²) >= 11 is 0. The van der Waals surface area contributed by atoms with E-state index >= 15 is 0 Å². The minimum absolute atomic E-state index is 0.0502. The Labute approximate surface area is 81.1 Å². The van der Waals surface area contributed by atoms with Gasteiger partial charge in [-0.25, -0.2) is 0 Å². The van der Waals surface area contributed by atoms with Gasteiger partial charge in [0.05, 0.1) is 6.10 Å². The van der Waals surface area contributed by atoms with Crippen molar-refractivity contribution in [2.24, 2.45) is 0 Å². The number of allylic oxidation sites excluding steroid dienone is 3. The van der Waals surface area contributed by atoms with Crippen LogP contribution in [0.5, 0.6) is 0 Å². The number of ether oxygens (including phenoxy) is 1. The molecular weight excluding hydrogens is 160 g/mol. The topological polar surface area (TPSA) is 9.23 Å². The van der Waals surface area contributed by atoms with Crippen LogP contribution in [-0.2, 0) is 4.74 Å². The third-order valence-corrected chi connectivity index (χ3v) is 1.92. The lowest BCUT2D eigenvalue weighted by atomic mass is 10.1. The van der Waals surface area contributed by atoms with Gasteiger partial charge in [-0.2, -0.15) is 0 Å². The molecule has 0 heterocycles. The molecule has 0 rings (SSSR count). The predicted molar refractivity (Wildman–Crippen MR) is 58.7 cm³/mol. The van der Waals surface area contributed by atoms with Crippen LogP contribution in [0.25, 0.3) is 0 Å². The van der Waals surface area contributed by atoms with Gasteiger partial charge in [-0.3, -0.25) is 0 Å². The number of rotatable bonds is 5. The van der Waals surface area contributed by atoms with Gasteiger partial charge < -0.3 is 4.74 Å². The van der Waals surface area contributed by atoms with Crippen molar-refractivity contribution < 1.29 is 4.74 Å². The van der Waals surface area contributed by atoms with Crippen LogP contribution in [0.3, 0.4) is 0 Å². The van der Waals surface area contributed by atoms with Gasteiger partial charge in [0.15, 0.2) is 0 Å². The molecule has 0 spiro atoms. The van der Waals surface area contributed by atoms with Crippen LogP contribution in [0.1, 0.15) is 13.8 Å². The molecule has 0 aliphatic heterocycles. The summed E-state index contributed by atoms with van der Waals surface area (Å²) in [5, 5.41) is 0. The second-order valence-corrected chi connectivity index (χ2v) is 3.09. The van der Waals surface area contributed by atoms with E-state index in [1.165, 1.54) is 0 Å². The molecule has 72 valence electrons. The average molecular weight is 178 g/mol. The van der Waals surface area contributed by atoms with E-state index in [0.29, 0.717) is 0 Å². The lowest BCUT2D eigenvalue weighted by Gasteiger charge is -2.08. The smallest absolute Gasteiger partial charge is 0.0787 e. The summed E-state index contributed by atoms with van der Waals surface area (Å²) < 4.78 is 5.10. The van der Waals surface area contributed by atoms with Crippen molar-refractivity contribution in [1.82, 2.24) is 0 Å². The first-order valence-electron chi connectivity index (χ1n) is 4.23. The molecule has 0 radical (unpaired) electrons.